The van der Waals surface area contributed by atoms with E-state index in [2.05, 4.69) is 29.6 Å². The zero-order valence-electron chi connectivity index (χ0n) is 14.2. The second kappa shape index (κ2) is 7.97. The van der Waals surface area contributed by atoms with E-state index in [1.165, 1.54) is 11.1 Å². The van der Waals surface area contributed by atoms with Gasteiger partial charge in [-0.05, 0) is 60.4 Å². The van der Waals surface area contributed by atoms with Gasteiger partial charge in [-0.2, -0.15) is 0 Å². The van der Waals surface area contributed by atoms with Crippen molar-refractivity contribution in [1.29, 1.82) is 0 Å². The third-order valence-corrected chi connectivity index (χ3v) is 4.76. The van der Waals surface area contributed by atoms with Crippen molar-refractivity contribution in [1.82, 2.24) is 0 Å². The minimum atomic E-state index is -0.813. The molecule has 0 saturated carbocycles. The van der Waals surface area contributed by atoms with Crippen LogP contribution in [0.3, 0.4) is 0 Å². The number of amides is 1. The smallest absolute Gasteiger partial charge is 0.303 e. The van der Waals surface area contributed by atoms with Gasteiger partial charge in [0, 0.05) is 18.5 Å². The lowest BCUT2D eigenvalue weighted by molar-refractivity contribution is -0.137. The summed E-state index contributed by atoms with van der Waals surface area (Å²) in [7, 11) is 0. The van der Waals surface area contributed by atoms with Crippen LogP contribution in [-0.4, -0.2) is 17.0 Å². The highest BCUT2D eigenvalue weighted by Crippen LogP contribution is 2.27. The number of benzene rings is 2. The third-order valence-electron chi connectivity index (χ3n) is 4.76. The Morgan fingerprint density at radius 1 is 1.08 bits per heavy atom. The Morgan fingerprint density at radius 2 is 1.88 bits per heavy atom. The van der Waals surface area contributed by atoms with Crippen LogP contribution in [0, 0.1) is 5.92 Å². The van der Waals surface area contributed by atoms with Crippen LogP contribution < -0.4 is 5.32 Å². The summed E-state index contributed by atoms with van der Waals surface area (Å²) < 4.78 is 0. The Balaban J connectivity index is 1.54. The van der Waals surface area contributed by atoms with E-state index in [9.17, 15) is 9.59 Å². The number of rotatable bonds is 6. The molecule has 0 heterocycles. The van der Waals surface area contributed by atoms with Gasteiger partial charge < -0.3 is 10.4 Å². The molecule has 0 bridgehead atoms. The van der Waals surface area contributed by atoms with Gasteiger partial charge in [-0.15, -0.1) is 0 Å². The van der Waals surface area contributed by atoms with E-state index in [1.54, 1.807) is 0 Å². The molecule has 1 amide bonds. The van der Waals surface area contributed by atoms with Gasteiger partial charge in [-0.1, -0.05) is 36.4 Å². The van der Waals surface area contributed by atoms with E-state index in [0.717, 1.165) is 30.5 Å². The van der Waals surface area contributed by atoms with E-state index in [0.29, 0.717) is 18.8 Å². The molecule has 4 nitrogen and oxygen atoms in total. The fourth-order valence-corrected chi connectivity index (χ4v) is 3.48. The highest BCUT2D eigenvalue weighted by molar-refractivity contribution is 5.91. The quantitative estimate of drug-likeness (QED) is 0.842. The van der Waals surface area contributed by atoms with Crippen molar-refractivity contribution in [2.24, 2.45) is 5.92 Å². The second-order valence-electron chi connectivity index (χ2n) is 6.72. The van der Waals surface area contributed by atoms with Crippen LogP contribution >= 0.6 is 0 Å². The van der Waals surface area contributed by atoms with E-state index < -0.39 is 5.97 Å². The van der Waals surface area contributed by atoms with Crippen molar-refractivity contribution in [2.45, 2.75) is 38.5 Å². The Kier molecular flexibility index (Phi) is 5.49. The molecule has 2 aromatic carbocycles. The van der Waals surface area contributed by atoms with E-state index in [4.69, 9.17) is 5.11 Å². The van der Waals surface area contributed by atoms with Crippen molar-refractivity contribution < 1.29 is 14.7 Å². The molecule has 4 heteroatoms. The number of carbonyl (C=O) groups is 2. The molecule has 1 aliphatic rings. The SMILES string of the molecule is O=C(O)CCc1cccc(NC(=O)CC2CCc3ccccc3C2)c1. The molecule has 3 rings (SSSR count). The summed E-state index contributed by atoms with van der Waals surface area (Å²) in [6, 6.07) is 15.9. The monoisotopic (exact) mass is 337 g/mol. The van der Waals surface area contributed by atoms with Gasteiger partial charge in [-0.3, -0.25) is 9.59 Å². The molecule has 1 unspecified atom stereocenters. The van der Waals surface area contributed by atoms with Crippen LogP contribution in [0.2, 0.25) is 0 Å². The van der Waals surface area contributed by atoms with Crippen LogP contribution in [-0.2, 0) is 28.9 Å². The molecule has 1 atom stereocenters. The number of aliphatic carboxylic acids is 1. The van der Waals surface area contributed by atoms with Crippen LogP contribution in [0.25, 0.3) is 0 Å². The topological polar surface area (TPSA) is 66.4 Å². The van der Waals surface area contributed by atoms with Gasteiger partial charge in [-0.25, -0.2) is 0 Å². The predicted octanol–water partition coefficient (Wildman–Crippen LogP) is 3.84. The Bertz CT molecular complexity index is 769. The summed E-state index contributed by atoms with van der Waals surface area (Å²) >= 11 is 0. The van der Waals surface area contributed by atoms with Gasteiger partial charge >= 0.3 is 5.97 Å². The number of fused-ring (bicyclic) bond motifs is 1. The number of hydrogen-bond acceptors (Lipinski definition) is 2. The van der Waals surface area contributed by atoms with Crippen LogP contribution in [0.4, 0.5) is 5.69 Å². The lowest BCUT2D eigenvalue weighted by atomic mass is 9.82. The number of hydrogen-bond donors (Lipinski definition) is 2. The maximum atomic E-state index is 12.4. The third kappa shape index (κ3) is 4.92. The molecule has 2 N–H and O–H groups in total. The van der Waals surface area contributed by atoms with Gasteiger partial charge in [0.05, 0.1) is 0 Å². The lowest BCUT2D eigenvalue weighted by Crippen LogP contribution is -2.21. The summed E-state index contributed by atoms with van der Waals surface area (Å²) in [4.78, 5) is 23.0. The molecular weight excluding hydrogens is 314 g/mol. The highest BCUT2D eigenvalue weighted by Gasteiger charge is 2.20. The first-order valence-corrected chi connectivity index (χ1v) is 8.77. The number of carbonyl (C=O) groups excluding carboxylic acids is 1. The number of carboxylic acids is 1. The molecule has 0 radical (unpaired) electrons. The molecule has 0 saturated heterocycles. The number of anilines is 1. The summed E-state index contributed by atoms with van der Waals surface area (Å²) in [5.41, 5.74) is 4.43. The van der Waals surface area contributed by atoms with Gasteiger partial charge in [0.25, 0.3) is 0 Å². The van der Waals surface area contributed by atoms with Crippen molar-refractivity contribution in [3.05, 3.63) is 65.2 Å². The standard InChI is InChI=1S/C21H23NO3/c23-20(14-16-8-10-17-5-1-2-6-18(17)12-16)22-19-7-3-4-15(13-19)9-11-21(24)25/h1-7,13,16H,8-12,14H2,(H,22,23)(H,24,25). The number of aryl methyl sites for hydroxylation is 2. The second-order valence-corrected chi connectivity index (χ2v) is 6.72. The highest BCUT2D eigenvalue weighted by atomic mass is 16.4. The van der Waals surface area contributed by atoms with Gasteiger partial charge in [0.2, 0.25) is 5.91 Å². The van der Waals surface area contributed by atoms with Crippen molar-refractivity contribution in [3.63, 3.8) is 0 Å². The minimum absolute atomic E-state index is 0.0276. The first kappa shape index (κ1) is 17.2. The van der Waals surface area contributed by atoms with Crippen molar-refractivity contribution in [3.8, 4) is 0 Å². The van der Waals surface area contributed by atoms with E-state index in [1.807, 2.05) is 24.3 Å². The average molecular weight is 337 g/mol. The summed E-state index contributed by atoms with van der Waals surface area (Å²) in [6.07, 6.45) is 4.13. The van der Waals surface area contributed by atoms with E-state index in [-0.39, 0.29) is 12.3 Å². The fourth-order valence-electron chi connectivity index (χ4n) is 3.48. The Hall–Kier alpha value is -2.62. The normalized spacial score (nSPS) is 16.1. The van der Waals surface area contributed by atoms with Crippen molar-refractivity contribution in [2.75, 3.05) is 5.32 Å². The molecule has 0 aromatic heterocycles. The van der Waals surface area contributed by atoms with Crippen LogP contribution in [0.5, 0.6) is 0 Å². The maximum absolute atomic E-state index is 12.4. The summed E-state index contributed by atoms with van der Waals surface area (Å²) in [6.45, 7) is 0. The van der Waals surface area contributed by atoms with E-state index >= 15 is 0 Å². The average Bonchev–Trinajstić information content (AvgIpc) is 2.60. The van der Waals surface area contributed by atoms with Crippen LogP contribution in [0.1, 0.15) is 36.0 Å². The molecule has 2 aromatic rings. The number of carboxylic acid groups (broad SMARTS) is 1. The first-order valence-electron chi connectivity index (χ1n) is 8.77. The van der Waals surface area contributed by atoms with Gasteiger partial charge in [0.1, 0.15) is 0 Å². The molecule has 1 aliphatic carbocycles. The molecule has 0 aliphatic heterocycles. The molecule has 130 valence electrons. The summed E-state index contributed by atoms with van der Waals surface area (Å²) in [5.74, 6) is -0.406. The predicted molar refractivity (Wildman–Crippen MR) is 97.6 cm³/mol. The van der Waals surface area contributed by atoms with Gasteiger partial charge in [0.15, 0.2) is 0 Å². The zero-order valence-corrected chi connectivity index (χ0v) is 14.2. The Morgan fingerprint density at radius 3 is 2.68 bits per heavy atom. The zero-order chi connectivity index (χ0) is 17.6. The summed E-state index contributed by atoms with van der Waals surface area (Å²) in [5, 5.41) is 11.7. The molecule has 25 heavy (non-hydrogen) atoms. The number of nitrogens with one attached hydrogen (secondary N) is 1. The lowest BCUT2D eigenvalue weighted by Gasteiger charge is -2.24. The minimum Gasteiger partial charge on any atom is -0.481 e. The first-order chi connectivity index (χ1) is 12.1. The largest absolute Gasteiger partial charge is 0.481 e. The molecule has 0 spiro atoms. The molecular formula is C21H23NO3. The van der Waals surface area contributed by atoms with Crippen LogP contribution in [0.15, 0.2) is 48.5 Å². The Labute approximate surface area is 147 Å². The van der Waals surface area contributed by atoms with Crippen molar-refractivity contribution >= 4 is 17.6 Å². The maximum Gasteiger partial charge on any atom is 0.303 e. The molecule has 0 fully saturated rings. The fraction of sp³-hybridized carbons (Fsp3) is 0.333.